The monoisotopic (exact) mass is 411 g/mol. The van der Waals surface area contributed by atoms with E-state index in [2.05, 4.69) is 5.32 Å². The van der Waals surface area contributed by atoms with Gasteiger partial charge in [0.1, 0.15) is 11.6 Å². The molecule has 0 fully saturated rings. The fraction of sp³-hybridized carbons (Fsp3) is 0.263. The molecule has 1 heterocycles. The van der Waals surface area contributed by atoms with Crippen LogP contribution in [0.1, 0.15) is 23.7 Å². The largest absolute Gasteiger partial charge is 0.489 e. The number of hydrogen-bond acceptors (Lipinski definition) is 5. The molecule has 1 amide bonds. The highest BCUT2D eigenvalue weighted by Gasteiger charge is 2.23. The van der Waals surface area contributed by atoms with Gasteiger partial charge in [-0.25, -0.2) is 13.6 Å². The highest BCUT2D eigenvalue weighted by Crippen LogP contribution is 2.38. The molecule has 28 heavy (non-hydrogen) atoms. The zero-order valence-electron chi connectivity index (χ0n) is 14.8. The van der Waals surface area contributed by atoms with Crippen LogP contribution >= 0.6 is 11.6 Å². The first-order valence-corrected chi connectivity index (χ1v) is 8.79. The Bertz CT molecular complexity index is 921. The van der Waals surface area contributed by atoms with Gasteiger partial charge in [0.05, 0.1) is 29.5 Å². The SMILES string of the molecule is C[C@@H](OC(=O)c1cc(Cl)c2c(c1)OCCCO2)C(=O)Nc1cc(F)ccc1F. The summed E-state index contributed by atoms with van der Waals surface area (Å²) >= 11 is 6.13. The van der Waals surface area contributed by atoms with Gasteiger partial charge in [0.2, 0.25) is 0 Å². The van der Waals surface area contributed by atoms with Crippen LogP contribution in [0.4, 0.5) is 14.5 Å². The summed E-state index contributed by atoms with van der Waals surface area (Å²) < 4.78 is 42.9. The second kappa shape index (κ2) is 8.43. The lowest BCUT2D eigenvalue weighted by Crippen LogP contribution is -2.30. The molecule has 6 nitrogen and oxygen atoms in total. The molecule has 1 N–H and O–H groups in total. The van der Waals surface area contributed by atoms with E-state index in [0.29, 0.717) is 31.1 Å². The van der Waals surface area contributed by atoms with Gasteiger partial charge in [0.25, 0.3) is 5.91 Å². The Kier molecular flexibility index (Phi) is 5.99. The van der Waals surface area contributed by atoms with E-state index in [9.17, 15) is 18.4 Å². The number of carbonyl (C=O) groups excluding carboxylic acids is 2. The number of amides is 1. The Morgan fingerprint density at radius 1 is 1.18 bits per heavy atom. The van der Waals surface area contributed by atoms with Gasteiger partial charge in [-0.3, -0.25) is 4.79 Å². The van der Waals surface area contributed by atoms with E-state index in [-0.39, 0.29) is 16.3 Å². The number of halogens is 3. The topological polar surface area (TPSA) is 73.9 Å². The Morgan fingerprint density at radius 2 is 1.93 bits per heavy atom. The Morgan fingerprint density at radius 3 is 2.71 bits per heavy atom. The van der Waals surface area contributed by atoms with Crippen molar-refractivity contribution in [1.29, 1.82) is 0 Å². The predicted molar refractivity (Wildman–Crippen MR) is 96.9 cm³/mol. The molecule has 0 aliphatic carbocycles. The predicted octanol–water partition coefficient (Wildman–Crippen LogP) is 3.96. The number of carbonyl (C=O) groups is 2. The summed E-state index contributed by atoms with van der Waals surface area (Å²) in [5.74, 6) is -2.55. The zero-order chi connectivity index (χ0) is 20.3. The fourth-order valence-electron chi connectivity index (χ4n) is 2.46. The van der Waals surface area contributed by atoms with Crippen molar-refractivity contribution in [3.63, 3.8) is 0 Å². The molecule has 1 aliphatic heterocycles. The molecular weight excluding hydrogens is 396 g/mol. The molecule has 0 saturated carbocycles. The molecule has 0 radical (unpaired) electrons. The van der Waals surface area contributed by atoms with E-state index in [1.807, 2.05) is 0 Å². The van der Waals surface area contributed by atoms with Gasteiger partial charge >= 0.3 is 5.97 Å². The van der Waals surface area contributed by atoms with Crippen molar-refractivity contribution in [2.24, 2.45) is 0 Å². The van der Waals surface area contributed by atoms with Gasteiger partial charge in [-0.2, -0.15) is 0 Å². The van der Waals surface area contributed by atoms with Crippen molar-refractivity contribution in [2.45, 2.75) is 19.4 Å². The van der Waals surface area contributed by atoms with Gasteiger partial charge < -0.3 is 19.5 Å². The first kappa shape index (κ1) is 19.9. The molecular formula is C19H16ClF2NO5. The molecule has 2 aromatic carbocycles. The zero-order valence-corrected chi connectivity index (χ0v) is 15.5. The summed E-state index contributed by atoms with van der Waals surface area (Å²) in [6.07, 6.45) is -0.608. The summed E-state index contributed by atoms with van der Waals surface area (Å²) in [7, 11) is 0. The van der Waals surface area contributed by atoms with Gasteiger partial charge in [-0.05, 0) is 31.2 Å². The smallest absolute Gasteiger partial charge is 0.339 e. The van der Waals surface area contributed by atoms with Crippen LogP contribution in [0.3, 0.4) is 0 Å². The fourth-order valence-corrected chi connectivity index (χ4v) is 2.72. The lowest BCUT2D eigenvalue weighted by Gasteiger charge is -2.15. The first-order valence-electron chi connectivity index (χ1n) is 8.41. The van der Waals surface area contributed by atoms with Crippen molar-refractivity contribution in [3.05, 3.63) is 52.6 Å². The van der Waals surface area contributed by atoms with E-state index in [0.717, 1.165) is 18.2 Å². The second-order valence-corrected chi connectivity index (χ2v) is 6.40. The number of benzene rings is 2. The van der Waals surface area contributed by atoms with E-state index in [1.54, 1.807) is 0 Å². The summed E-state index contributed by atoms with van der Waals surface area (Å²) in [5, 5.41) is 2.35. The van der Waals surface area contributed by atoms with Gasteiger partial charge in [0.15, 0.2) is 17.6 Å². The van der Waals surface area contributed by atoms with E-state index in [1.165, 1.54) is 19.1 Å². The second-order valence-electron chi connectivity index (χ2n) is 6.00. The minimum atomic E-state index is -1.27. The number of fused-ring (bicyclic) bond motifs is 1. The van der Waals surface area contributed by atoms with Crippen LogP contribution in [0, 0.1) is 11.6 Å². The minimum Gasteiger partial charge on any atom is -0.489 e. The number of rotatable bonds is 4. The number of esters is 1. The van der Waals surface area contributed by atoms with E-state index in [4.69, 9.17) is 25.8 Å². The molecule has 0 unspecified atom stereocenters. The Hall–Kier alpha value is -2.87. The number of nitrogens with one attached hydrogen (secondary N) is 1. The normalized spacial score (nSPS) is 14.0. The minimum absolute atomic E-state index is 0.0610. The lowest BCUT2D eigenvalue weighted by atomic mass is 10.2. The van der Waals surface area contributed by atoms with Crippen LogP contribution in [-0.4, -0.2) is 31.2 Å². The highest BCUT2D eigenvalue weighted by molar-refractivity contribution is 6.32. The molecule has 148 valence electrons. The van der Waals surface area contributed by atoms with Gasteiger partial charge in [-0.1, -0.05) is 11.6 Å². The third kappa shape index (κ3) is 4.51. The Labute approximate surface area is 164 Å². The lowest BCUT2D eigenvalue weighted by molar-refractivity contribution is -0.123. The summed E-state index contributed by atoms with van der Waals surface area (Å²) in [4.78, 5) is 24.5. The third-order valence-electron chi connectivity index (χ3n) is 3.88. The number of ether oxygens (including phenoxy) is 3. The van der Waals surface area contributed by atoms with E-state index < -0.39 is 29.6 Å². The Balaban J connectivity index is 1.70. The molecule has 9 heteroatoms. The molecule has 2 aromatic rings. The standard InChI is InChI=1S/C19H16ClF2NO5/c1-10(18(24)23-15-9-12(21)3-4-14(15)22)28-19(25)11-7-13(20)17-16(8-11)26-5-2-6-27-17/h3-4,7-10H,2,5-6H2,1H3,(H,23,24)/t10-/m1/s1. The summed E-state index contributed by atoms with van der Waals surface area (Å²) in [5.41, 5.74) is -0.294. The van der Waals surface area contributed by atoms with Gasteiger partial charge in [-0.15, -0.1) is 0 Å². The van der Waals surface area contributed by atoms with E-state index >= 15 is 0 Å². The van der Waals surface area contributed by atoms with Crippen molar-refractivity contribution >= 4 is 29.2 Å². The number of hydrogen-bond donors (Lipinski definition) is 1. The molecule has 0 saturated heterocycles. The van der Waals surface area contributed by atoms with Crippen LogP contribution in [0.2, 0.25) is 5.02 Å². The third-order valence-corrected chi connectivity index (χ3v) is 4.16. The molecule has 0 bridgehead atoms. The average Bonchev–Trinajstić information content (AvgIpc) is 2.90. The first-order chi connectivity index (χ1) is 13.3. The van der Waals surface area contributed by atoms with Crippen LogP contribution in [-0.2, 0) is 9.53 Å². The average molecular weight is 412 g/mol. The molecule has 0 aromatic heterocycles. The molecule has 3 rings (SSSR count). The van der Waals surface area contributed by atoms with Crippen molar-refractivity contribution in [2.75, 3.05) is 18.5 Å². The van der Waals surface area contributed by atoms with Crippen LogP contribution < -0.4 is 14.8 Å². The summed E-state index contributed by atoms with van der Waals surface area (Å²) in [6, 6.07) is 5.37. The van der Waals surface area contributed by atoms with Crippen molar-refractivity contribution in [3.8, 4) is 11.5 Å². The number of anilines is 1. The summed E-state index contributed by atoms with van der Waals surface area (Å²) in [6.45, 7) is 2.14. The quantitative estimate of drug-likeness (QED) is 0.771. The molecule has 1 atom stereocenters. The maximum Gasteiger partial charge on any atom is 0.339 e. The highest BCUT2D eigenvalue weighted by atomic mass is 35.5. The van der Waals surface area contributed by atoms with Crippen molar-refractivity contribution < 1.29 is 32.6 Å². The van der Waals surface area contributed by atoms with Crippen LogP contribution in [0.25, 0.3) is 0 Å². The molecule has 1 aliphatic rings. The van der Waals surface area contributed by atoms with Crippen molar-refractivity contribution in [1.82, 2.24) is 0 Å². The molecule has 0 spiro atoms. The van der Waals surface area contributed by atoms with Crippen LogP contribution in [0.5, 0.6) is 11.5 Å². The van der Waals surface area contributed by atoms with Gasteiger partial charge in [0, 0.05) is 12.5 Å². The maximum absolute atomic E-state index is 13.6. The van der Waals surface area contributed by atoms with Crippen LogP contribution in [0.15, 0.2) is 30.3 Å². The maximum atomic E-state index is 13.6.